The molecule has 0 aliphatic carbocycles. The van der Waals surface area contributed by atoms with Crippen LogP contribution in [-0.4, -0.2) is 77.0 Å². The topological polar surface area (TPSA) is 95.2 Å². The Bertz CT molecular complexity index is 1350. The van der Waals surface area contributed by atoms with Gasteiger partial charge in [0, 0.05) is 54.3 Å². The van der Waals surface area contributed by atoms with Gasteiger partial charge in [-0.25, -0.2) is 4.98 Å². The summed E-state index contributed by atoms with van der Waals surface area (Å²) in [5, 5.41) is 1.14. The van der Waals surface area contributed by atoms with Crippen molar-refractivity contribution in [1.29, 1.82) is 0 Å². The summed E-state index contributed by atoms with van der Waals surface area (Å²) >= 11 is 0. The number of ether oxygens (including phenoxy) is 2. The number of aromatic nitrogens is 5. The summed E-state index contributed by atoms with van der Waals surface area (Å²) in [4.78, 5) is 26.5. The maximum atomic E-state index is 5.79. The predicted molar refractivity (Wildman–Crippen MR) is 131 cm³/mol. The molecule has 176 valence electrons. The lowest BCUT2D eigenvalue weighted by molar-refractivity contribution is -0.0239. The Balaban J connectivity index is 1.33. The molecule has 1 unspecified atom stereocenters. The van der Waals surface area contributed by atoms with Crippen molar-refractivity contribution >= 4 is 33.8 Å². The summed E-state index contributed by atoms with van der Waals surface area (Å²) in [6.07, 6.45) is 4.31. The summed E-state index contributed by atoms with van der Waals surface area (Å²) in [6.45, 7) is 7.97. The monoisotopic (exact) mass is 459 g/mol. The van der Waals surface area contributed by atoms with Crippen molar-refractivity contribution in [3.63, 3.8) is 0 Å². The quantitative estimate of drug-likeness (QED) is 0.485. The van der Waals surface area contributed by atoms with E-state index in [2.05, 4.69) is 51.0 Å². The largest absolute Gasteiger partial charge is 0.381 e. The van der Waals surface area contributed by atoms with Gasteiger partial charge in [0.15, 0.2) is 11.5 Å². The van der Waals surface area contributed by atoms with Gasteiger partial charge in [0.1, 0.15) is 11.3 Å². The molecule has 7 rings (SSSR count). The number of aromatic amines is 2. The lowest BCUT2D eigenvalue weighted by Crippen LogP contribution is -2.60. The van der Waals surface area contributed by atoms with Crippen LogP contribution in [0.4, 0.5) is 11.8 Å². The highest BCUT2D eigenvalue weighted by atomic mass is 16.5. The van der Waals surface area contributed by atoms with Gasteiger partial charge in [0.2, 0.25) is 5.95 Å². The maximum absolute atomic E-state index is 5.79. The van der Waals surface area contributed by atoms with Crippen molar-refractivity contribution in [2.75, 3.05) is 55.9 Å². The van der Waals surface area contributed by atoms with Gasteiger partial charge in [-0.05, 0) is 31.9 Å². The second-order valence-corrected chi connectivity index (χ2v) is 10.0. The van der Waals surface area contributed by atoms with Crippen LogP contribution >= 0.6 is 0 Å². The van der Waals surface area contributed by atoms with Crippen LogP contribution in [-0.2, 0) is 9.47 Å². The second kappa shape index (κ2) is 7.68. The summed E-state index contributed by atoms with van der Waals surface area (Å²) in [5.74, 6) is 2.49. The van der Waals surface area contributed by atoms with Crippen LogP contribution < -0.4 is 9.80 Å². The van der Waals surface area contributed by atoms with E-state index in [0.717, 1.165) is 78.8 Å². The number of nitrogens with zero attached hydrogens (tertiary/aromatic N) is 5. The van der Waals surface area contributed by atoms with Gasteiger partial charge in [-0.1, -0.05) is 12.1 Å². The van der Waals surface area contributed by atoms with Crippen molar-refractivity contribution in [2.24, 2.45) is 5.41 Å². The minimum atomic E-state index is 0.231. The molecular weight excluding hydrogens is 430 g/mol. The molecule has 9 nitrogen and oxygen atoms in total. The van der Waals surface area contributed by atoms with E-state index in [0.29, 0.717) is 18.9 Å². The van der Waals surface area contributed by atoms with Crippen LogP contribution in [0.15, 0.2) is 30.5 Å². The average molecular weight is 460 g/mol. The maximum Gasteiger partial charge on any atom is 0.229 e. The molecule has 1 spiro atoms. The molecule has 0 amide bonds. The lowest BCUT2D eigenvalue weighted by Gasteiger charge is -2.51. The first-order valence-corrected chi connectivity index (χ1v) is 12.2. The third-order valence-electron chi connectivity index (χ3n) is 7.55. The van der Waals surface area contributed by atoms with E-state index >= 15 is 0 Å². The molecule has 34 heavy (non-hydrogen) atoms. The molecule has 3 fully saturated rings. The molecule has 0 bridgehead atoms. The zero-order chi connectivity index (χ0) is 22.7. The molecule has 3 aliphatic rings. The second-order valence-electron chi connectivity index (χ2n) is 10.0. The van der Waals surface area contributed by atoms with Crippen LogP contribution in [0.2, 0.25) is 0 Å². The van der Waals surface area contributed by atoms with E-state index in [9.17, 15) is 0 Å². The van der Waals surface area contributed by atoms with Crippen LogP contribution in [0.1, 0.15) is 19.8 Å². The minimum absolute atomic E-state index is 0.231. The third-order valence-corrected chi connectivity index (χ3v) is 7.55. The molecule has 3 saturated heterocycles. The zero-order valence-corrected chi connectivity index (χ0v) is 19.4. The molecular formula is C25H29N7O2. The Hall–Kier alpha value is -3.17. The highest BCUT2D eigenvalue weighted by molar-refractivity contribution is 5.96. The first kappa shape index (κ1) is 20.2. The van der Waals surface area contributed by atoms with E-state index < -0.39 is 0 Å². The Morgan fingerprint density at radius 1 is 1.09 bits per heavy atom. The fourth-order valence-corrected chi connectivity index (χ4v) is 5.75. The number of benzene rings is 1. The first-order valence-electron chi connectivity index (χ1n) is 12.2. The van der Waals surface area contributed by atoms with Crippen LogP contribution in [0, 0.1) is 5.41 Å². The summed E-state index contributed by atoms with van der Waals surface area (Å²) in [7, 11) is 0. The molecule has 0 saturated carbocycles. The zero-order valence-electron chi connectivity index (χ0n) is 19.4. The normalized spacial score (nSPS) is 22.6. The Labute approximate surface area is 197 Å². The first-order chi connectivity index (χ1) is 16.7. The van der Waals surface area contributed by atoms with Gasteiger partial charge in [-0.2, -0.15) is 9.97 Å². The predicted octanol–water partition coefficient (Wildman–Crippen LogP) is 3.34. The highest BCUT2D eigenvalue weighted by Gasteiger charge is 2.45. The standard InChI is InChI=1S/C25H29N7O2/c1-16-12-33-11-9-32(16)23-20-22(28-21(27-20)18-4-2-5-19-17(18)6-8-26-19)29-24(30-23)31-13-25(14-31)7-3-10-34-15-25/h2,4-6,8,16,26H,3,7,9-15H2,1H3,(H,27,28,29,30). The number of hydrogen-bond acceptors (Lipinski definition) is 7. The van der Waals surface area contributed by atoms with Crippen LogP contribution in [0.25, 0.3) is 33.5 Å². The number of nitrogens with one attached hydrogen (secondary N) is 2. The van der Waals surface area contributed by atoms with Gasteiger partial charge in [-0.3, -0.25) is 0 Å². The van der Waals surface area contributed by atoms with E-state index in [4.69, 9.17) is 24.4 Å². The summed E-state index contributed by atoms with van der Waals surface area (Å²) < 4.78 is 11.5. The minimum Gasteiger partial charge on any atom is -0.381 e. The number of imidazole rings is 1. The lowest BCUT2D eigenvalue weighted by atomic mass is 9.76. The number of hydrogen-bond donors (Lipinski definition) is 2. The average Bonchev–Trinajstić information content (AvgIpc) is 3.50. The molecule has 0 radical (unpaired) electrons. The Morgan fingerprint density at radius 2 is 2.03 bits per heavy atom. The highest BCUT2D eigenvalue weighted by Crippen LogP contribution is 2.41. The van der Waals surface area contributed by atoms with E-state index in [1.165, 1.54) is 6.42 Å². The molecule has 4 aromatic rings. The van der Waals surface area contributed by atoms with E-state index in [1.54, 1.807) is 0 Å². The SMILES string of the molecule is CC1COCCN1c1nc(N2CC3(CCCOC3)C2)nc2nc(-c3cccc4[nH]ccc34)[nH]c12. The van der Waals surface area contributed by atoms with Crippen LogP contribution in [0.5, 0.6) is 0 Å². The number of rotatable bonds is 3. The molecule has 3 aliphatic heterocycles. The molecule has 2 N–H and O–H groups in total. The fraction of sp³-hybridized carbons (Fsp3) is 0.480. The van der Waals surface area contributed by atoms with Gasteiger partial charge in [0.05, 0.1) is 25.9 Å². The van der Waals surface area contributed by atoms with Crippen molar-refractivity contribution in [3.05, 3.63) is 30.5 Å². The number of anilines is 2. The van der Waals surface area contributed by atoms with Gasteiger partial charge < -0.3 is 29.2 Å². The Kier molecular flexibility index (Phi) is 4.57. The molecule has 1 atom stereocenters. The molecule has 3 aromatic heterocycles. The van der Waals surface area contributed by atoms with Crippen LogP contribution in [0.3, 0.4) is 0 Å². The van der Waals surface area contributed by atoms with Gasteiger partial charge in [0.25, 0.3) is 0 Å². The van der Waals surface area contributed by atoms with Crippen molar-refractivity contribution < 1.29 is 9.47 Å². The van der Waals surface area contributed by atoms with E-state index in [1.807, 2.05) is 6.20 Å². The summed E-state index contributed by atoms with van der Waals surface area (Å²) in [5.41, 5.74) is 4.00. The molecule has 6 heterocycles. The smallest absolute Gasteiger partial charge is 0.229 e. The number of fused-ring (bicyclic) bond motifs is 2. The molecule has 1 aromatic carbocycles. The third kappa shape index (κ3) is 3.18. The van der Waals surface area contributed by atoms with Crippen molar-refractivity contribution in [1.82, 2.24) is 24.9 Å². The summed E-state index contributed by atoms with van der Waals surface area (Å²) in [6, 6.07) is 8.55. The fourth-order valence-electron chi connectivity index (χ4n) is 5.75. The van der Waals surface area contributed by atoms with Crippen molar-refractivity contribution in [2.45, 2.75) is 25.8 Å². The van der Waals surface area contributed by atoms with Gasteiger partial charge >= 0.3 is 0 Å². The number of morpholine rings is 1. The molecule has 9 heteroatoms. The number of H-pyrrole nitrogens is 2. The van der Waals surface area contributed by atoms with Gasteiger partial charge in [-0.15, -0.1) is 0 Å². The van der Waals surface area contributed by atoms with Crippen molar-refractivity contribution in [3.8, 4) is 11.4 Å². The Morgan fingerprint density at radius 3 is 2.88 bits per heavy atom. The van der Waals surface area contributed by atoms with E-state index in [-0.39, 0.29) is 11.5 Å².